The monoisotopic (exact) mass is 209 g/mol. The molecule has 0 spiro atoms. The molecule has 0 saturated heterocycles. The van der Waals surface area contributed by atoms with Crippen molar-refractivity contribution in [2.75, 3.05) is 6.54 Å². The first-order valence-electron chi connectivity index (χ1n) is 5.76. The van der Waals surface area contributed by atoms with Crippen molar-refractivity contribution >= 4 is 0 Å². The van der Waals surface area contributed by atoms with Crippen molar-refractivity contribution < 1.29 is 4.39 Å². The van der Waals surface area contributed by atoms with Crippen LogP contribution in [0.4, 0.5) is 4.39 Å². The van der Waals surface area contributed by atoms with E-state index in [-0.39, 0.29) is 5.82 Å². The summed E-state index contributed by atoms with van der Waals surface area (Å²) in [6.07, 6.45) is 3.27. The first-order chi connectivity index (χ1) is 7.27. The third kappa shape index (κ3) is 4.00. The predicted molar refractivity (Wildman–Crippen MR) is 62.3 cm³/mol. The Labute approximate surface area is 91.7 Å². The summed E-state index contributed by atoms with van der Waals surface area (Å²) in [6, 6.07) is 7.19. The lowest BCUT2D eigenvalue weighted by atomic mass is 10.0. The zero-order chi connectivity index (χ0) is 11.1. The highest BCUT2D eigenvalue weighted by Crippen LogP contribution is 2.19. The summed E-state index contributed by atoms with van der Waals surface area (Å²) in [5.41, 5.74) is 1.06. The summed E-state index contributed by atoms with van der Waals surface area (Å²) in [5, 5.41) is 3.45. The van der Waals surface area contributed by atoms with Crippen molar-refractivity contribution in [1.82, 2.24) is 5.32 Å². The minimum Gasteiger partial charge on any atom is -0.310 e. The van der Waals surface area contributed by atoms with Gasteiger partial charge in [0.25, 0.3) is 0 Å². The van der Waals surface area contributed by atoms with Gasteiger partial charge in [-0.3, -0.25) is 0 Å². The lowest BCUT2D eigenvalue weighted by molar-refractivity contribution is 0.490. The number of benzene rings is 1. The number of nitrogens with one attached hydrogen (secondary N) is 1. The zero-order valence-electron chi connectivity index (χ0n) is 9.59. The lowest BCUT2D eigenvalue weighted by Crippen LogP contribution is -2.22. The van der Waals surface area contributed by atoms with Crippen LogP contribution in [0.2, 0.25) is 0 Å². The Balaban J connectivity index is 2.69. The average Bonchev–Trinajstić information content (AvgIpc) is 2.24. The maximum absolute atomic E-state index is 13.1. The summed E-state index contributed by atoms with van der Waals surface area (Å²) >= 11 is 0. The molecule has 0 aliphatic heterocycles. The summed E-state index contributed by atoms with van der Waals surface area (Å²) in [4.78, 5) is 0. The number of halogens is 1. The highest BCUT2D eigenvalue weighted by Gasteiger charge is 2.09. The molecule has 2 heteroatoms. The SMILES string of the molecule is CCCNC(CCC)c1cccc(F)c1. The van der Waals surface area contributed by atoms with Gasteiger partial charge in [-0.2, -0.15) is 0 Å². The van der Waals surface area contributed by atoms with Crippen molar-refractivity contribution in [3.63, 3.8) is 0 Å². The van der Waals surface area contributed by atoms with Gasteiger partial charge in [0.1, 0.15) is 5.82 Å². The minimum atomic E-state index is -0.146. The van der Waals surface area contributed by atoms with Gasteiger partial charge in [0.05, 0.1) is 0 Å². The van der Waals surface area contributed by atoms with E-state index in [1.165, 1.54) is 6.07 Å². The highest BCUT2D eigenvalue weighted by molar-refractivity contribution is 5.20. The van der Waals surface area contributed by atoms with Gasteiger partial charge in [0, 0.05) is 6.04 Å². The maximum Gasteiger partial charge on any atom is 0.123 e. The summed E-state index contributed by atoms with van der Waals surface area (Å²) in [6.45, 7) is 5.28. The fraction of sp³-hybridized carbons (Fsp3) is 0.538. The molecule has 1 rings (SSSR count). The molecular weight excluding hydrogens is 189 g/mol. The minimum absolute atomic E-state index is 0.146. The fourth-order valence-corrected chi connectivity index (χ4v) is 1.72. The van der Waals surface area contributed by atoms with Gasteiger partial charge in [-0.25, -0.2) is 4.39 Å². The number of hydrogen-bond donors (Lipinski definition) is 1. The molecule has 0 amide bonds. The van der Waals surface area contributed by atoms with Crippen LogP contribution in [0, 0.1) is 5.82 Å². The molecule has 1 unspecified atom stereocenters. The van der Waals surface area contributed by atoms with E-state index in [9.17, 15) is 4.39 Å². The van der Waals surface area contributed by atoms with Crippen LogP contribution in [-0.4, -0.2) is 6.54 Å². The smallest absolute Gasteiger partial charge is 0.123 e. The van der Waals surface area contributed by atoms with E-state index >= 15 is 0 Å². The van der Waals surface area contributed by atoms with Crippen LogP contribution in [0.3, 0.4) is 0 Å². The molecule has 0 radical (unpaired) electrons. The van der Waals surface area contributed by atoms with Crippen LogP contribution in [0.15, 0.2) is 24.3 Å². The number of hydrogen-bond acceptors (Lipinski definition) is 1. The largest absolute Gasteiger partial charge is 0.310 e. The van der Waals surface area contributed by atoms with Crippen molar-refractivity contribution in [3.05, 3.63) is 35.6 Å². The normalized spacial score (nSPS) is 12.7. The molecule has 0 aliphatic rings. The maximum atomic E-state index is 13.1. The Morgan fingerprint density at radius 2 is 2.07 bits per heavy atom. The van der Waals surface area contributed by atoms with E-state index < -0.39 is 0 Å². The van der Waals surface area contributed by atoms with Gasteiger partial charge in [0.2, 0.25) is 0 Å². The van der Waals surface area contributed by atoms with Crippen LogP contribution >= 0.6 is 0 Å². The van der Waals surface area contributed by atoms with Crippen LogP contribution in [-0.2, 0) is 0 Å². The molecule has 0 fully saturated rings. The second-order valence-corrected chi connectivity index (χ2v) is 3.85. The predicted octanol–water partition coefficient (Wildman–Crippen LogP) is 3.67. The van der Waals surface area contributed by atoms with Crippen molar-refractivity contribution in [1.29, 1.82) is 0 Å². The Bertz CT molecular complexity index is 286. The van der Waals surface area contributed by atoms with Crippen LogP contribution < -0.4 is 5.32 Å². The first-order valence-corrected chi connectivity index (χ1v) is 5.76. The molecule has 15 heavy (non-hydrogen) atoms. The molecule has 0 aliphatic carbocycles. The third-order valence-electron chi connectivity index (χ3n) is 2.47. The molecular formula is C13H20FN. The molecule has 1 aromatic carbocycles. The molecule has 0 bridgehead atoms. The molecule has 0 heterocycles. The zero-order valence-corrected chi connectivity index (χ0v) is 9.59. The van der Waals surface area contributed by atoms with E-state index in [4.69, 9.17) is 0 Å². The van der Waals surface area contributed by atoms with Crippen molar-refractivity contribution in [2.24, 2.45) is 0 Å². The van der Waals surface area contributed by atoms with Gasteiger partial charge in [0.15, 0.2) is 0 Å². The van der Waals surface area contributed by atoms with E-state index in [1.807, 2.05) is 6.07 Å². The molecule has 1 aromatic rings. The second-order valence-electron chi connectivity index (χ2n) is 3.85. The fourth-order valence-electron chi connectivity index (χ4n) is 1.72. The van der Waals surface area contributed by atoms with Crippen molar-refractivity contribution in [3.8, 4) is 0 Å². The molecule has 1 atom stereocenters. The molecule has 84 valence electrons. The Kier molecular flexibility index (Phi) is 5.33. The van der Waals surface area contributed by atoms with E-state index in [0.29, 0.717) is 6.04 Å². The number of rotatable bonds is 6. The standard InChI is InChI=1S/C13H20FN/c1-3-6-13(15-9-4-2)11-7-5-8-12(14)10-11/h5,7-8,10,13,15H,3-4,6,9H2,1-2H3. The molecule has 0 aromatic heterocycles. The van der Waals surface area contributed by atoms with Gasteiger partial charge in [-0.05, 0) is 37.1 Å². The first kappa shape index (κ1) is 12.2. The lowest BCUT2D eigenvalue weighted by Gasteiger charge is -2.18. The quantitative estimate of drug-likeness (QED) is 0.753. The average molecular weight is 209 g/mol. The van der Waals surface area contributed by atoms with Crippen LogP contribution in [0.25, 0.3) is 0 Å². The summed E-state index contributed by atoms with van der Waals surface area (Å²) < 4.78 is 13.1. The summed E-state index contributed by atoms with van der Waals surface area (Å²) in [7, 11) is 0. The molecule has 0 saturated carbocycles. The van der Waals surface area contributed by atoms with Crippen molar-refractivity contribution in [2.45, 2.75) is 39.2 Å². The van der Waals surface area contributed by atoms with E-state index in [0.717, 1.165) is 31.4 Å². The Morgan fingerprint density at radius 3 is 2.67 bits per heavy atom. The Morgan fingerprint density at radius 1 is 1.27 bits per heavy atom. The third-order valence-corrected chi connectivity index (χ3v) is 2.47. The van der Waals surface area contributed by atoms with Gasteiger partial charge in [-0.1, -0.05) is 32.4 Å². The van der Waals surface area contributed by atoms with Crippen LogP contribution in [0.1, 0.15) is 44.7 Å². The van der Waals surface area contributed by atoms with Gasteiger partial charge >= 0.3 is 0 Å². The highest BCUT2D eigenvalue weighted by atomic mass is 19.1. The van der Waals surface area contributed by atoms with Gasteiger partial charge in [-0.15, -0.1) is 0 Å². The Hall–Kier alpha value is -0.890. The second kappa shape index (κ2) is 6.57. The summed E-state index contributed by atoms with van der Waals surface area (Å²) in [5.74, 6) is -0.146. The molecule has 1 nitrogen and oxygen atoms in total. The van der Waals surface area contributed by atoms with E-state index in [2.05, 4.69) is 19.2 Å². The topological polar surface area (TPSA) is 12.0 Å². The van der Waals surface area contributed by atoms with Gasteiger partial charge < -0.3 is 5.32 Å². The van der Waals surface area contributed by atoms with Crippen LogP contribution in [0.5, 0.6) is 0 Å². The van der Waals surface area contributed by atoms with E-state index in [1.54, 1.807) is 12.1 Å². The molecule has 1 N–H and O–H groups in total.